The molecule has 1 atom stereocenters. The predicted octanol–water partition coefficient (Wildman–Crippen LogP) is 1.03. The molecular weight excluding hydrogens is 268 g/mol. The van der Waals surface area contributed by atoms with E-state index in [9.17, 15) is 4.79 Å². The summed E-state index contributed by atoms with van der Waals surface area (Å²) in [5, 5.41) is 11.7. The number of hydrogen-bond acceptors (Lipinski definition) is 4. The van der Waals surface area contributed by atoms with Crippen molar-refractivity contribution in [2.24, 2.45) is 0 Å². The van der Waals surface area contributed by atoms with Gasteiger partial charge < -0.3 is 20.1 Å². The molecule has 5 nitrogen and oxygen atoms in total. The van der Waals surface area contributed by atoms with Gasteiger partial charge in [-0.1, -0.05) is 12.1 Å². The second-order valence-electron chi connectivity index (χ2n) is 5.12. The molecule has 5 heteroatoms. The van der Waals surface area contributed by atoms with Crippen molar-refractivity contribution in [2.75, 3.05) is 37.7 Å². The maximum absolute atomic E-state index is 11.5. The zero-order valence-corrected chi connectivity index (χ0v) is 12.3. The Morgan fingerprint density at radius 3 is 2.67 bits per heavy atom. The highest BCUT2D eigenvalue weighted by Gasteiger charge is 2.10. The summed E-state index contributed by atoms with van der Waals surface area (Å²) in [6, 6.07) is 8.09. The van der Waals surface area contributed by atoms with Gasteiger partial charge in [0.05, 0.1) is 19.3 Å². The molecule has 0 aliphatic carbocycles. The van der Waals surface area contributed by atoms with Crippen LogP contribution in [0.3, 0.4) is 0 Å². The fourth-order valence-corrected chi connectivity index (χ4v) is 2.10. The summed E-state index contributed by atoms with van der Waals surface area (Å²) in [4.78, 5) is 13.8. The first-order valence-electron chi connectivity index (χ1n) is 7.22. The molecule has 1 amide bonds. The highest BCUT2D eigenvalue weighted by atomic mass is 16.5. The number of rotatable bonds is 5. The van der Waals surface area contributed by atoms with Crippen LogP contribution >= 0.6 is 0 Å². The molecule has 0 spiro atoms. The molecule has 114 valence electrons. The highest BCUT2D eigenvalue weighted by Crippen LogP contribution is 2.17. The minimum atomic E-state index is -0.532. The molecular formula is C16H22N2O3. The van der Waals surface area contributed by atoms with Crippen LogP contribution in [0.5, 0.6) is 0 Å². The van der Waals surface area contributed by atoms with E-state index in [2.05, 4.69) is 22.3 Å². The zero-order chi connectivity index (χ0) is 15.1. The topological polar surface area (TPSA) is 61.8 Å². The van der Waals surface area contributed by atoms with Gasteiger partial charge in [0.15, 0.2) is 0 Å². The Morgan fingerprint density at radius 2 is 2.05 bits per heavy atom. The zero-order valence-electron chi connectivity index (χ0n) is 12.3. The number of nitrogens with zero attached hydrogens (tertiary/aromatic N) is 1. The quantitative estimate of drug-likeness (QED) is 0.795. The van der Waals surface area contributed by atoms with Crippen molar-refractivity contribution in [3.63, 3.8) is 0 Å². The van der Waals surface area contributed by atoms with E-state index in [0.29, 0.717) is 0 Å². The fraction of sp³-hybridized carbons (Fsp3) is 0.438. The lowest BCUT2D eigenvalue weighted by atomic mass is 10.1. The van der Waals surface area contributed by atoms with E-state index in [0.717, 1.165) is 31.9 Å². The van der Waals surface area contributed by atoms with Crippen molar-refractivity contribution in [1.82, 2.24) is 5.32 Å². The third-order valence-corrected chi connectivity index (χ3v) is 3.27. The number of ether oxygens (including phenoxy) is 1. The van der Waals surface area contributed by atoms with Crippen LogP contribution in [0.15, 0.2) is 30.3 Å². The average molecular weight is 290 g/mol. The van der Waals surface area contributed by atoms with Gasteiger partial charge in [0.1, 0.15) is 0 Å². The van der Waals surface area contributed by atoms with Crippen LogP contribution in [0.1, 0.15) is 12.5 Å². The smallest absolute Gasteiger partial charge is 0.244 e. The number of anilines is 1. The van der Waals surface area contributed by atoms with E-state index >= 15 is 0 Å². The van der Waals surface area contributed by atoms with E-state index in [1.54, 1.807) is 13.0 Å². The molecule has 1 unspecified atom stereocenters. The summed E-state index contributed by atoms with van der Waals surface area (Å²) in [5.41, 5.74) is 2.15. The predicted molar refractivity (Wildman–Crippen MR) is 83.2 cm³/mol. The van der Waals surface area contributed by atoms with Crippen molar-refractivity contribution in [3.05, 3.63) is 35.9 Å². The SMILES string of the molecule is CC(O)CNC(=O)/C=C/c1ccc(N2CCOCC2)cc1. The normalized spacial score (nSPS) is 17.0. The first-order valence-corrected chi connectivity index (χ1v) is 7.22. The molecule has 1 heterocycles. The Balaban J connectivity index is 1.88. The Kier molecular flexibility index (Phi) is 5.78. The lowest BCUT2D eigenvalue weighted by Crippen LogP contribution is -2.36. The maximum Gasteiger partial charge on any atom is 0.244 e. The van der Waals surface area contributed by atoms with Crippen molar-refractivity contribution < 1.29 is 14.6 Å². The summed E-state index contributed by atoms with van der Waals surface area (Å²) in [7, 11) is 0. The van der Waals surface area contributed by atoms with Crippen LogP contribution in [-0.4, -0.2) is 50.0 Å². The van der Waals surface area contributed by atoms with Crippen LogP contribution in [0, 0.1) is 0 Å². The Labute approximate surface area is 125 Å². The first kappa shape index (κ1) is 15.5. The molecule has 0 radical (unpaired) electrons. The van der Waals surface area contributed by atoms with Crippen molar-refractivity contribution >= 4 is 17.7 Å². The third-order valence-electron chi connectivity index (χ3n) is 3.27. The van der Waals surface area contributed by atoms with E-state index < -0.39 is 6.10 Å². The van der Waals surface area contributed by atoms with Gasteiger partial charge in [-0.15, -0.1) is 0 Å². The fourth-order valence-electron chi connectivity index (χ4n) is 2.10. The van der Waals surface area contributed by atoms with Gasteiger partial charge in [-0.05, 0) is 30.7 Å². The Morgan fingerprint density at radius 1 is 1.38 bits per heavy atom. The van der Waals surface area contributed by atoms with Crippen LogP contribution < -0.4 is 10.2 Å². The average Bonchev–Trinajstić information content (AvgIpc) is 2.52. The minimum absolute atomic E-state index is 0.201. The minimum Gasteiger partial charge on any atom is -0.392 e. The number of aliphatic hydroxyl groups is 1. The molecule has 2 rings (SSSR count). The molecule has 1 aromatic rings. The summed E-state index contributed by atoms with van der Waals surface area (Å²) < 4.78 is 5.33. The second-order valence-corrected chi connectivity index (χ2v) is 5.12. The van der Waals surface area contributed by atoms with Gasteiger partial charge >= 0.3 is 0 Å². The molecule has 1 aromatic carbocycles. The molecule has 21 heavy (non-hydrogen) atoms. The number of carbonyl (C=O) groups is 1. The van der Waals surface area contributed by atoms with Gasteiger partial charge in [0, 0.05) is 31.4 Å². The van der Waals surface area contributed by atoms with Crippen LogP contribution in [0.2, 0.25) is 0 Å². The molecule has 1 aliphatic heterocycles. The standard InChI is InChI=1S/C16H22N2O3/c1-13(19)12-17-16(20)7-4-14-2-5-15(6-3-14)18-8-10-21-11-9-18/h2-7,13,19H,8-12H2,1H3,(H,17,20)/b7-4+. The van der Waals surface area contributed by atoms with Crippen LogP contribution in [0.4, 0.5) is 5.69 Å². The number of amides is 1. The van der Waals surface area contributed by atoms with E-state index in [-0.39, 0.29) is 12.5 Å². The molecule has 2 N–H and O–H groups in total. The third kappa shape index (κ3) is 5.21. The second kappa shape index (κ2) is 7.81. The van der Waals surface area contributed by atoms with Gasteiger partial charge in [0.25, 0.3) is 0 Å². The van der Waals surface area contributed by atoms with Gasteiger partial charge in [-0.25, -0.2) is 0 Å². The number of benzene rings is 1. The van der Waals surface area contributed by atoms with Gasteiger partial charge in [0.2, 0.25) is 5.91 Å². The Hall–Kier alpha value is -1.85. The number of carbonyl (C=O) groups excluding carboxylic acids is 1. The van der Waals surface area contributed by atoms with Gasteiger partial charge in [-0.2, -0.15) is 0 Å². The van der Waals surface area contributed by atoms with E-state index in [4.69, 9.17) is 9.84 Å². The first-order chi connectivity index (χ1) is 10.1. The number of nitrogens with one attached hydrogen (secondary N) is 1. The van der Waals surface area contributed by atoms with E-state index in [1.165, 1.54) is 11.8 Å². The van der Waals surface area contributed by atoms with Gasteiger partial charge in [-0.3, -0.25) is 4.79 Å². The maximum atomic E-state index is 11.5. The molecule has 0 bridgehead atoms. The molecule has 1 fully saturated rings. The monoisotopic (exact) mass is 290 g/mol. The number of aliphatic hydroxyl groups excluding tert-OH is 1. The number of hydrogen-bond donors (Lipinski definition) is 2. The highest BCUT2D eigenvalue weighted by molar-refractivity contribution is 5.91. The van der Waals surface area contributed by atoms with Crippen molar-refractivity contribution in [1.29, 1.82) is 0 Å². The summed E-state index contributed by atoms with van der Waals surface area (Å²) in [5.74, 6) is -0.201. The molecule has 1 saturated heterocycles. The number of morpholine rings is 1. The van der Waals surface area contributed by atoms with Crippen molar-refractivity contribution in [3.8, 4) is 0 Å². The van der Waals surface area contributed by atoms with Crippen LogP contribution in [-0.2, 0) is 9.53 Å². The lowest BCUT2D eigenvalue weighted by molar-refractivity contribution is -0.116. The molecule has 0 saturated carbocycles. The van der Waals surface area contributed by atoms with Crippen molar-refractivity contribution in [2.45, 2.75) is 13.0 Å². The molecule has 1 aliphatic rings. The van der Waals surface area contributed by atoms with E-state index in [1.807, 2.05) is 12.1 Å². The molecule has 0 aromatic heterocycles. The van der Waals surface area contributed by atoms with Crippen LogP contribution in [0.25, 0.3) is 6.08 Å². The largest absolute Gasteiger partial charge is 0.392 e. The summed E-state index contributed by atoms with van der Waals surface area (Å²) in [6.45, 7) is 5.26. The lowest BCUT2D eigenvalue weighted by Gasteiger charge is -2.28. The Bertz CT molecular complexity index is 477. The summed E-state index contributed by atoms with van der Waals surface area (Å²) >= 11 is 0. The summed E-state index contributed by atoms with van der Waals surface area (Å²) in [6.07, 6.45) is 2.71.